The van der Waals surface area contributed by atoms with Crippen molar-refractivity contribution in [2.24, 2.45) is 0 Å². The summed E-state index contributed by atoms with van der Waals surface area (Å²) in [5.74, 6) is 1.66. The van der Waals surface area contributed by atoms with Crippen LogP contribution in [0, 0.1) is 6.92 Å². The first-order chi connectivity index (χ1) is 7.58. The number of rotatable bonds is 3. The van der Waals surface area contributed by atoms with Gasteiger partial charge in [-0.05, 0) is 25.5 Å². The highest BCUT2D eigenvalue weighted by Crippen LogP contribution is 2.37. The Bertz CT molecular complexity index is 429. The molecule has 0 aliphatic carbocycles. The molecule has 0 saturated carbocycles. The lowest BCUT2D eigenvalue weighted by Gasteiger charge is -2.20. The highest BCUT2D eigenvalue weighted by atomic mass is 16.7. The lowest BCUT2D eigenvalue weighted by atomic mass is 10.1. The summed E-state index contributed by atoms with van der Waals surface area (Å²) >= 11 is 0. The largest absolute Gasteiger partial charge is 0.454 e. The van der Waals surface area contributed by atoms with E-state index in [1.807, 2.05) is 31.0 Å². The summed E-state index contributed by atoms with van der Waals surface area (Å²) in [7, 11) is 1.89. The summed E-state index contributed by atoms with van der Waals surface area (Å²) in [5, 5.41) is 0. The fourth-order valence-electron chi connectivity index (χ4n) is 1.86. The fourth-order valence-corrected chi connectivity index (χ4v) is 1.86. The molecule has 1 aliphatic rings. The summed E-state index contributed by atoms with van der Waals surface area (Å²) < 4.78 is 10.6. The number of hydrogen-bond donors (Lipinski definition) is 0. The summed E-state index contributed by atoms with van der Waals surface area (Å²) in [6.07, 6.45) is 0. The van der Waals surface area contributed by atoms with Gasteiger partial charge in [0.05, 0.1) is 6.54 Å². The first-order valence-electron chi connectivity index (χ1n) is 5.19. The lowest BCUT2D eigenvalue weighted by Crippen LogP contribution is -2.24. The first-order valence-corrected chi connectivity index (χ1v) is 5.19. The number of hydrogen-bond acceptors (Lipinski definition) is 4. The third-order valence-corrected chi connectivity index (χ3v) is 2.56. The number of ether oxygens (including phenoxy) is 2. The maximum Gasteiger partial charge on any atom is 0.231 e. The Morgan fingerprint density at radius 1 is 1.38 bits per heavy atom. The SMILES string of the molecule is CC(=O)CN(C)c1cc2c(cc1C)OCO2. The van der Waals surface area contributed by atoms with Crippen LogP contribution in [-0.4, -0.2) is 26.2 Å². The second-order valence-corrected chi connectivity index (χ2v) is 4.05. The zero-order valence-electron chi connectivity index (χ0n) is 9.74. The van der Waals surface area contributed by atoms with Gasteiger partial charge in [-0.15, -0.1) is 0 Å². The molecule has 1 heterocycles. The van der Waals surface area contributed by atoms with E-state index in [2.05, 4.69) is 0 Å². The number of likely N-dealkylation sites (N-methyl/N-ethyl adjacent to an activating group) is 1. The van der Waals surface area contributed by atoms with Crippen LogP contribution in [0.2, 0.25) is 0 Å². The van der Waals surface area contributed by atoms with Gasteiger partial charge in [0, 0.05) is 18.8 Å². The molecule has 0 radical (unpaired) electrons. The zero-order chi connectivity index (χ0) is 11.7. The highest BCUT2D eigenvalue weighted by Gasteiger charge is 2.17. The Kier molecular flexibility index (Phi) is 2.73. The van der Waals surface area contributed by atoms with Gasteiger partial charge < -0.3 is 14.4 Å². The number of benzene rings is 1. The Balaban J connectivity index is 2.30. The van der Waals surface area contributed by atoms with Crippen molar-refractivity contribution in [1.82, 2.24) is 0 Å². The van der Waals surface area contributed by atoms with Gasteiger partial charge in [0.15, 0.2) is 11.5 Å². The summed E-state index contributed by atoms with van der Waals surface area (Å²) in [5.41, 5.74) is 2.08. The minimum absolute atomic E-state index is 0.138. The van der Waals surface area contributed by atoms with Crippen LogP contribution < -0.4 is 14.4 Å². The molecule has 4 nitrogen and oxygen atoms in total. The smallest absolute Gasteiger partial charge is 0.231 e. The van der Waals surface area contributed by atoms with Crippen LogP contribution in [-0.2, 0) is 4.79 Å². The van der Waals surface area contributed by atoms with E-state index >= 15 is 0 Å². The Labute approximate surface area is 94.8 Å². The van der Waals surface area contributed by atoms with E-state index in [1.165, 1.54) is 0 Å². The van der Waals surface area contributed by atoms with Gasteiger partial charge in [0.2, 0.25) is 6.79 Å². The number of ketones is 1. The summed E-state index contributed by atoms with van der Waals surface area (Å²) in [4.78, 5) is 13.0. The molecule has 0 saturated heterocycles. The molecular formula is C12H15NO3. The number of anilines is 1. The van der Waals surface area contributed by atoms with E-state index in [9.17, 15) is 4.79 Å². The molecule has 1 aromatic rings. The molecule has 4 heteroatoms. The minimum atomic E-state index is 0.138. The number of fused-ring (bicyclic) bond motifs is 1. The molecule has 0 atom stereocenters. The molecule has 0 amide bonds. The monoisotopic (exact) mass is 221 g/mol. The van der Waals surface area contributed by atoms with Gasteiger partial charge >= 0.3 is 0 Å². The topological polar surface area (TPSA) is 38.8 Å². The van der Waals surface area contributed by atoms with Crippen molar-refractivity contribution in [2.45, 2.75) is 13.8 Å². The van der Waals surface area contributed by atoms with Gasteiger partial charge in [0.25, 0.3) is 0 Å². The van der Waals surface area contributed by atoms with Gasteiger partial charge in [-0.1, -0.05) is 0 Å². The third-order valence-electron chi connectivity index (χ3n) is 2.56. The zero-order valence-corrected chi connectivity index (χ0v) is 9.74. The number of aryl methyl sites for hydroxylation is 1. The Hall–Kier alpha value is -1.71. The number of carbonyl (C=O) groups excluding carboxylic acids is 1. The van der Waals surface area contributed by atoms with E-state index in [-0.39, 0.29) is 12.6 Å². The molecule has 0 spiro atoms. The molecule has 1 aliphatic heterocycles. The van der Waals surface area contributed by atoms with E-state index in [0.717, 1.165) is 22.7 Å². The predicted octanol–water partition coefficient (Wildman–Crippen LogP) is 1.75. The van der Waals surface area contributed by atoms with E-state index < -0.39 is 0 Å². The van der Waals surface area contributed by atoms with Gasteiger partial charge in [0.1, 0.15) is 5.78 Å². The molecule has 0 aromatic heterocycles. The Morgan fingerprint density at radius 3 is 2.62 bits per heavy atom. The lowest BCUT2D eigenvalue weighted by molar-refractivity contribution is -0.115. The van der Waals surface area contributed by atoms with Crippen LogP contribution in [0.15, 0.2) is 12.1 Å². The van der Waals surface area contributed by atoms with Crippen molar-refractivity contribution in [3.8, 4) is 11.5 Å². The van der Waals surface area contributed by atoms with Crippen molar-refractivity contribution >= 4 is 11.5 Å². The van der Waals surface area contributed by atoms with Crippen molar-refractivity contribution in [1.29, 1.82) is 0 Å². The van der Waals surface area contributed by atoms with E-state index in [1.54, 1.807) is 6.92 Å². The van der Waals surface area contributed by atoms with Crippen molar-refractivity contribution in [3.63, 3.8) is 0 Å². The molecule has 0 unspecified atom stereocenters. The minimum Gasteiger partial charge on any atom is -0.454 e. The van der Waals surface area contributed by atoms with Crippen molar-refractivity contribution < 1.29 is 14.3 Å². The quantitative estimate of drug-likeness (QED) is 0.779. The number of nitrogens with zero attached hydrogens (tertiary/aromatic N) is 1. The fraction of sp³-hybridized carbons (Fsp3) is 0.417. The molecule has 0 fully saturated rings. The Morgan fingerprint density at radius 2 is 2.00 bits per heavy atom. The second-order valence-electron chi connectivity index (χ2n) is 4.05. The number of carbonyl (C=O) groups is 1. The van der Waals surface area contributed by atoms with Crippen LogP contribution in [0.4, 0.5) is 5.69 Å². The average Bonchev–Trinajstić information content (AvgIpc) is 2.61. The third kappa shape index (κ3) is 1.96. The van der Waals surface area contributed by atoms with Crippen molar-refractivity contribution in [2.75, 3.05) is 25.3 Å². The second kappa shape index (κ2) is 4.04. The highest BCUT2D eigenvalue weighted by molar-refractivity contribution is 5.81. The van der Waals surface area contributed by atoms with Gasteiger partial charge in [-0.3, -0.25) is 4.79 Å². The normalized spacial score (nSPS) is 12.7. The maximum absolute atomic E-state index is 11.1. The van der Waals surface area contributed by atoms with Crippen LogP contribution in [0.5, 0.6) is 11.5 Å². The van der Waals surface area contributed by atoms with Gasteiger partial charge in [-0.2, -0.15) is 0 Å². The van der Waals surface area contributed by atoms with Crippen LogP contribution in [0.1, 0.15) is 12.5 Å². The van der Waals surface area contributed by atoms with Crippen molar-refractivity contribution in [3.05, 3.63) is 17.7 Å². The van der Waals surface area contributed by atoms with E-state index in [4.69, 9.17) is 9.47 Å². The van der Waals surface area contributed by atoms with Crippen LogP contribution >= 0.6 is 0 Å². The molecule has 2 rings (SSSR count). The van der Waals surface area contributed by atoms with Crippen LogP contribution in [0.25, 0.3) is 0 Å². The number of Topliss-reactive ketones (excluding diaryl/α,β-unsaturated/α-hetero) is 1. The standard InChI is InChI=1S/C12H15NO3/c1-8-4-11-12(16-7-15-11)5-10(8)13(3)6-9(2)14/h4-5H,6-7H2,1-3H3. The molecule has 1 aromatic carbocycles. The maximum atomic E-state index is 11.1. The van der Waals surface area contributed by atoms with Gasteiger partial charge in [-0.25, -0.2) is 0 Å². The molecular weight excluding hydrogens is 206 g/mol. The first kappa shape index (κ1) is 10.8. The molecule has 86 valence electrons. The molecule has 0 bridgehead atoms. The van der Waals surface area contributed by atoms with Crippen LogP contribution in [0.3, 0.4) is 0 Å². The predicted molar refractivity (Wildman–Crippen MR) is 61.3 cm³/mol. The summed E-state index contributed by atoms with van der Waals surface area (Å²) in [6, 6.07) is 3.86. The molecule has 0 N–H and O–H groups in total. The molecule has 16 heavy (non-hydrogen) atoms. The average molecular weight is 221 g/mol. The van der Waals surface area contributed by atoms with E-state index in [0.29, 0.717) is 6.54 Å². The summed E-state index contributed by atoms with van der Waals surface area (Å²) in [6.45, 7) is 4.25.